The maximum atomic E-state index is 5.21. The third kappa shape index (κ3) is 4.78. The van der Waals surface area contributed by atoms with E-state index < -0.39 is 0 Å². The normalized spacial score (nSPS) is 17.9. The van der Waals surface area contributed by atoms with Crippen LogP contribution in [0.2, 0.25) is 0 Å². The van der Waals surface area contributed by atoms with E-state index in [0.29, 0.717) is 0 Å². The van der Waals surface area contributed by atoms with Crippen molar-refractivity contribution in [2.45, 2.75) is 26.7 Å². The van der Waals surface area contributed by atoms with Crippen LogP contribution in [0.5, 0.6) is 0 Å². The molecule has 0 spiro atoms. The molecule has 1 aliphatic heterocycles. The molecule has 0 saturated carbocycles. The van der Waals surface area contributed by atoms with Gasteiger partial charge in [-0.25, -0.2) is 0 Å². The lowest BCUT2D eigenvalue weighted by molar-refractivity contribution is 0.245. The van der Waals surface area contributed by atoms with E-state index in [2.05, 4.69) is 29.0 Å². The van der Waals surface area contributed by atoms with Crippen LogP contribution >= 0.6 is 0 Å². The van der Waals surface area contributed by atoms with Crippen molar-refractivity contribution < 1.29 is 0 Å². The van der Waals surface area contributed by atoms with Crippen LogP contribution in [0.25, 0.3) is 0 Å². The van der Waals surface area contributed by atoms with Gasteiger partial charge in [0.2, 0.25) is 5.96 Å². The number of likely N-dealkylation sites (tertiary alicyclic amines) is 1. The molecule has 0 aromatic heterocycles. The Bertz CT molecular complexity index is 243. The fourth-order valence-corrected chi connectivity index (χ4v) is 1.74. The molecule has 1 saturated heterocycles. The predicted octanol–water partition coefficient (Wildman–Crippen LogP) is 0.368. The van der Waals surface area contributed by atoms with Crippen molar-refractivity contribution >= 4 is 11.7 Å². The lowest BCUT2D eigenvalue weighted by Crippen LogP contribution is -2.36. The van der Waals surface area contributed by atoms with Gasteiger partial charge >= 0.3 is 0 Å². The molecule has 5 heteroatoms. The Labute approximate surface area is 91.2 Å². The summed E-state index contributed by atoms with van der Waals surface area (Å²) < 4.78 is 0. The van der Waals surface area contributed by atoms with E-state index in [4.69, 9.17) is 11.5 Å². The van der Waals surface area contributed by atoms with Crippen molar-refractivity contribution in [1.29, 1.82) is 0 Å². The second-order valence-electron chi connectivity index (χ2n) is 4.39. The zero-order valence-electron chi connectivity index (χ0n) is 9.61. The zero-order valence-corrected chi connectivity index (χ0v) is 9.61. The first kappa shape index (κ1) is 12.0. The first-order valence-corrected chi connectivity index (χ1v) is 5.44. The van der Waals surface area contributed by atoms with Crippen molar-refractivity contribution in [2.24, 2.45) is 27.6 Å². The van der Waals surface area contributed by atoms with E-state index in [9.17, 15) is 0 Å². The van der Waals surface area contributed by atoms with Gasteiger partial charge in [0, 0.05) is 38.2 Å². The molecule has 86 valence electrons. The van der Waals surface area contributed by atoms with Gasteiger partial charge in [-0.2, -0.15) is 5.10 Å². The molecule has 4 N–H and O–H groups in total. The predicted molar refractivity (Wildman–Crippen MR) is 63.8 cm³/mol. The Morgan fingerprint density at radius 3 is 2.40 bits per heavy atom. The molecule has 0 aliphatic carbocycles. The number of nitrogens with two attached hydrogens (primary N) is 2. The van der Waals surface area contributed by atoms with Crippen LogP contribution in [0.15, 0.2) is 10.2 Å². The minimum absolute atomic E-state index is 0.0344. The van der Waals surface area contributed by atoms with Gasteiger partial charge in [-0.3, -0.25) is 0 Å². The molecule has 0 aromatic carbocycles. The highest BCUT2D eigenvalue weighted by atomic mass is 15.3. The van der Waals surface area contributed by atoms with Crippen LogP contribution in [0.3, 0.4) is 0 Å². The van der Waals surface area contributed by atoms with Gasteiger partial charge in [-0.15, -0.1) is 5.10 Å². The van der Waals surface area contributed by atoms with Crippen molar-refractivity contribution in [3.8, 4) is 0 Å². The summed E-state index contributed by atoms with van der Waals surface area (Å²) in [6, 6.07) is 0. The number of hydrogen-bond donors (Lipinski definition) is 2. The van der Waals surface area contributed by atoms with Gasteiger partial charge in [0.15, 0.2) is 0 Å². The second kappa shape index (κ2) is 5.70. The van der Waals surface area contributed by atoms with Gasteiger partial charge in [0.1, 0.15) is 0 Å². The van der Waals surface area contributed by atoms with E-state index in [0.717, 1.165) is 44.1 Å². The number of hydrogen-bond acceptors (Lipinski definition) is 3. The second-order valence-corrected chi connectivity index (χ2v) is 4.39. The standard InChI is InChI=1S/C10H21N5/c1-8(2)7-15-5-3-9(4-6-15)13-14-10(11)12/h8H,3-7H2,1-2H3,(H4,11,12,14). The Hall–Kier alpha value is -1.10. The summed E-state index contributed by atoms with van der Waals surface area (Å²) in [6.45, 7) is 7.77. The van der Waals surface area contributed by atoms with Gasteiger partial charge in [-0.1, -0.05) is 13.8 Å². The van der Waals surface area contributed by atoms with Crippen LogP contribution in [0, 0.1) is 5.92 Å². The molecule has 0 bridgehead atoms. The molecule has 1 fully saturated rings. The van der Waals surface area contributed by atoms with Gasteiger partial charge in [0.05, 0.1) is 0 Å². The van der Waals surface area contributed by atoms with E-state index in [-0.39, 0.29) is 5.96 Å². The maximum absolute atomic E-state index is 5.21. The molecule has 1 heterocycles. The summed E-state index contributed by atoms with van der Waals surface area (Å²) in [5.41, 5.74) is 11.5. The molecule has 0 atom stereocenters. The zero-order chi connectivity index (χ0) is 11.3. The van der Waals surface area contributed by atoms with Crippen LogP contribution in [0.4, 0.5) is 0 Å². The average molecular weight is 211 g/mol. The lowest BCUT2D eigenvalue weighted by atomic mass is 10.1. The molecule has 1 rings (SSSR count). The van der Waals surface area contributed by atoms with Gasteiger partial charge in [-0.05, 0) is 5.92 Å². The Morgan fingerprint density at radius 2 is 1.93 bits per heavy atom. The topological polar surface area (TPSA) is 80.0 Å². The summed E-state index contributed by atoms with van der Waals surface area (Å²) in [5, 5.41) is 7.70. The molecule has 0 amide bonds. The minimum atomic E-state index is 0.0344. The van der Waals surface area contributed by atoms with Crippen LogP contribution in [-0.4, -0.2) is 36.2 Å². The van der Waals surface area contributed by atoms with E-state index in [1.807, 2.05) is 0 Å². The highest BCUT2D eigenvalue weighted by Crippen LogP contribution is 2.09. The minimum Gasteiger partial charge on any atom is -0.369 e. The summed E-state index contributed by atoms with van der Waals surface area (Å²) in [4.78, 5) is 2.46. The summed E-state index contributed by atoms with van der Waals surface area (Å²) in [6.07, 6.45) is 1.95. The molecule has 0 unspecified atom stereocenters. The van der Waals surface area contributed by atoms with Crippen LogP contribution in [-0.2, 0) is 0 Å². The molecular formula is C10H21N5. The lowest BCUT2D eigenvalue weighted by Gasteiger charge is -2.28. The number of guanidine groups is 1. The first-order valence-electron chi connectivity index (χ1n) is 5.44. The largest absolute Gasteiger partial charge is 0.369 e. The third-order valence-electron chi connectivity index (χ3n) is 2.36. The molecule has 0 radical (unpaired) electrons. The molecule has 5 nitrogen and oxygen atoms in total. The van der Waals surface area contributed by atoms with Crippen LogP contribution in [0.1, 0.15) is 26.7 Å². The number of piperidine rings is 1. The van der Waals surface area contributed by atoms with Crippen molar-refractivity contribution in [3.05, 3.63) is 0 Å². The Balaban J connectivity index is 2.35. The number of nitrogens with zero attached hydrogens (tertiary/aromatic N) is 3. The fourth-order valence-electron chi connectivity index (χ4n) is 1.74. The van der Waals surface area contributed by atoms with Gasteiger partial charge < -0.3 is 16.4 Å². The van der Waals surface area contributed by atoms with Gasteiger partial charge in [0.25, 0.3) is 0 Å². The number of rotatable bonds is 3. The van der Waals surface area contributed by atoms with E-state index in [1.54, 1.807) is 0 Å². The average Bonchev–Trinajstić information content (AvgIpc) is 2.16. The first-order chi connectivity index (χ1) is 7.08. The van der Waals surface area contributed by atoms with E-state index >= 15 is 0 Å². The van der Waals surface area contributed by atoms with E-state index in [1.165, 1.54) is 0 Å². The van der Waals surface area contributed by atoms with Crippen LogP contribution < -0.4 is 11.5 Å². The van der Waals surface area contributed by atoms with Crippen molar-refractivity contribution in [2.75, 3.05) is 19.6 Å². The SMILES string of the molecule is CC(C)CN1CCC(=NN=C(N)N)CC1. The summed E-state index contributed by atoms with van der Waals surface area (Å²) in [7, 11) is 0. The molecular weight excluding hydrogens is 190 g/mol. The summed E-state index contributed by atoms with van der Waals surface area (Å²) in [5.74, 6) is 0.758. The molecule has 0 aromatic rings. The smallest absolute Gasteiger partial charge is 0.211 e. The Morgan fingerprint density at radius 1 is 1.33 bits per heavy atom. The maximum Gasteiger partial charge on any atom is 0.211 e. The monoisotopic (exact) mass is 211 g/mol. The third-order valence-corrected chi connectivity index (χ3v) is 2.36. The quantitative estimate of drug-likeness (QED) is 0.402. The fraction of sp³-hybridized carbons (Fsp3) is 0.800. The highest BCUT2D eigenvalue weighted by Gasteiger charge is 2.15. The summed E-state index contributed by atoms with van der Waals surface area (Å²) >= 11 is 0. The van der Waals surface area contributed by atoms with Crippen molar-refractivity contribution in [3.63, 3.8) is 0 Å². The highest BCUT2D eigenvalue weighted by molar-refractivity contribution is 5.86. The Kier molecular flexibility index (Phi) is 4.55. The molecule has 15 heavy (non-hydrogen) atoms. The molecule has 1 aliphatic rings. The van der Waals surface area contributed by atoms with Crippen molar-refractivity contribution in [1.82, 2.24) is 4.90 Å².